The van der Waals surface area contributed by atoms with Crippen molar-refractivity contribution in [2.24, 2.45) is 10.4 Å². The van der Waals surface area contributed by atoms with Gasteiger partial charge in [-0.2, -0.15) is 0 Å². The third kappa shape index (κ3) is 3.02. The normalized spacial score (nSPS) is 27.8. The van der Waals surface area contributed by atoms with Crippen molar-refractivity contribution in [1.29, 1.82) is 0 Å². The van der Waals surface area contributed by atoms with Crippen LogP contribution >= 0.6 is 0 Å². The van der Waals surface area contributed by atoms with Gasteiger partial charge < -0.3 is 0 Å². The SMILES string of the molecule is O=NC1C=CC=C1[Se](=O)O[Se](=O)C1=CC=CC1N=O. The molecule has 2 unspecified atom stereocenters. The van der Waals surface area contributed by atoms with Crippen LogP contribution in [-0.4, -0.2) is 40.4 Å². The van der Waals surface area contributed by atoms with Crippen molar-refractivity contribution < 1.29 is 10.6 Å². The summed E-state index contributed by atoms with van der Waals surface area (Å²) in [6.45, 7) is 0. The van der Waals surface area contributed by atoms with Gasteiger partial charge in [0, 0.05) is 0 Å². The zero-order chi connectivity index (χ0) is 13.8. The molecule has 2 aliphatic rings. The Kier molecular flexibility index (Phi) is 4.68. The Morgan fingerprint density at radius 1 is 0.895 bits per heavy atom. The molecule has 0 aromatic rings. The molecule has 0 amide bonds. The molecule has 0 spiro atoms. The van der Waals surface area contributed by atoms with Crippen LogP contribution in [0.5, 0.6) is 0 Å². The fraction of sp³-hybridized carbons (Fsp3) is 0.200. The van der Waals surface area contributed by atoms with Gasteiger partial charge in [-0.1, -0.05) is 0 Å². The Bertz CT molecular complexity index is 528. The number of rotatable bonds is 6. The Balaban J connectivity index is 2.03. The van der Waals surface area contributed by atoms with E-state index >= 15 is 0 Å². The standard InChI is InChI=1S/C10H8N2O5Se2/c13-11-7-3-1-5-9(7)18(15)17-19(16)10-6-2-4-8(10)12-14/h1-8H. The van der Waals surface area contributed by atoms with Crippen molar-refractivity contribution in [1.82, 2.24) is 0 Å². The summed E-state index contributed by atoms with van der Waals surface area (Å²) >= 11 is -6.10. The maximum atomic E-state index is 11.9. The average Bonchev–Trinajstić information content (AvgIpc) is 3.06. The number of nitroso groups, excluding NO2 is 2. The van der Waals surface area contributed by atoms with Crippen LogP contribution in [0, 0.1) is 9.81 Å². The third-order valence-electron chi connectivity index (χ3n) is 2.43. The van der Waals surface area contributed by atoms with Crippen LogP contribution in [0.4, 0.5) is 0 Å². The number of nitrogens with zero attached hydrogens (tertiary/aromatic N) is 2. The fourth-order valence-electron chi connectivity index (χ4n) is 1.52. The topological polar surface area (TPSA) is 102 Å². The number of hydrogen-bond acceptors (Lipinski definition) is 7. The van der Waals surface area contributed by atoms with Crippen LogP contribution in [0.1, 0.15) is 0 Å². The summed E-state index contributed by atoms with van der Waals surface area (Å²) in [6, 6.07) is -1.64. The van der Waals surface area contributed by atoms with Gasteiger partial charge in [0.2, 0.25) is 0 Å². The van der Waals surface area contributed by atoms with E-state index in [-0.39, 0.29) is 8.94 Å². The van der Waals surface area contributed by atoms with E-state index in [1.807, 2.05) is 0 Å². The molecule has 0 aromatic carbocycles. The first kappa shape index (κ1) is 14.2. The molecule has 0 saturated heterocycles. The molecule has 0 aliphatic heterocycles. The molecule has 19 heavy (non-hydrogen) atoms. The van der Waals surface area contributed by atoms with Crippen molar-refractivity contribution in [2.75, 3.05) is 0 Å². The monoisotopic (exact) mass is 396 g/mol. The van der Waals surface area contributed by atoms with Crippen LogP contribution in [0.15, 0.2) is 55.8 Å². The first-order valence-corrected chi connectivity index (χ1v) is 9.62. The van der Waals surface area contributed by atoms with Gasteiger partial charge >= 0.3 is 117 Å². The summed E-state index contributed by atoms with van der Waals surface area (Å²) < 4.78 is 29.3. The second-order valence-corrected chi connectivity index (χ2v) is 9.26. The predicted molar refractivity (Wildman–Crippen MR) is 67.6 cm³/mol. The molecule has 9 heteroatoms. The van der Waals surface area contributed by atoms with Crippen LogP contribution in [0.2, 0.25) is 0 Å². The molecule has 0 saturated carbocycles. The zero-order valence-electron chi connectivity index (χ0n) is 9.37. The van der Waals surface area contributed by atoms with Gasteiger partial charge in [0.1, 0.15) is 0 Å². The van der Waals surface area contributed by atoms with E-state index in [0.29, 0.717) is 0 Å². The van der Waals surface area contributed by atoms with Gasteiger partial charge in [0.15, 0.2) is 0 Å². The van der Waals surface area contributed by atoms with Gasteiger partial charge in [-0.3, -0.25) is 0 Å². The Morgan fingerprint density at radius 3 is 1.68 bits per heavy atom. The molecule has 7 nitrogen and oxygen atoms in total. The predicted octanol–water partition coefficient (Wildman–Crippen LogP) is 1.18. The van der Waals surface area contributed by atoms with Crippen LogP contribution < -0.4 is 0 Å². The first-order valence-electron chi connectivity index (χ1n) is 5.11. The molecule has 2 atom stereocenters. The van der Waals surface area contributed by atoms with Crippen molar-refractivity contribution in [3.8, 4) is 0 Å². The van der Waals surface area contributed by atoms with E-state index in [1.165, 1.54) is 24.3 Å². The van der Waals surface area contributed by atoms with E-state index in [9.17, 15) is 17.5 Å². The van der Waals surface area contributed by atoms with Crippen LogP contribution in [-0.2, 0) is 10.6 Å². The quantitative estimate of drug-likeness (QED) is 0.498. The van der Waals surface area contributed by atoms with Crippen molar-refractivity contribution in [3.05, 3.63) is 55.2 Å². The molecule has 0 bridgehead atoms. The molecular formula is C10H8N2O5Se2. The molecular weight excluding hydrogens is 386 g/mol. The molecule has 100 valence electrons. The molecule has 0 fully saturated rings. The van der Waals surface area contributed by atoms with Gasteiger partial charge in [-0.25, -0.2) is 0 Å². The van der Waals surface area contributed by atoms with E-state index in [4.69, 9.17) is 2.90 Å². The third-order valence-corrected chi connectivity index (χ3v) is 8.84. The van der Waals surface area contributed by atoms with Crippen molar-refractivity contribution in [3.63, 3.8) is 0 Å². The summed E-state index contributed by atoms with van der Waals surface area (Å²) in [5.41, 5.74) is 0. The minimum atomic E-state index is -3.05. The fourth-order valence-corrected chi connectivity index (χ4v) is 7.15. The summed E-state index contributed by atoms with van der Waals surface area (Å²) in [6.07, 6.45) is 8.99. The second-order valence-electron chi connectivity index (χ2n) is 3.55. The van der Waals surface area contributed by atoms with Crippen molar-refractivity contribution >= 4 is 28.3 Å². The minimum absolute atomic E-state index is 0.238. The molecule has 0 N–H and O–H groups in total. The van der Waals surface area contributed by atoms with Gasteiger partial charge in [0.05, 0.1) is 0 Å². The average molecular weight is 394 g/mol. The number of allylic oxidation sites excluding steroid dienone is 4. The second kappa shape index (κ2) is 6.27. The Hall–Kier alpha value is -1.24. The van der Waals surface area contributed by atoms with Crippen LogP contribution in [0.25, 0.3) is 0 Å². The summed E-state index contributed by atoms with van der Waals surface area (Å²) in [5, 5.41) is 5.58. The Labute approximate surface area is 116 Å². The zero-order valence-corrected chi connectivity index (χ0v) is 12.8. The molecule has 2 rings (SSSR count). The van der Waals surface area contributed by atoms with Crippen LogP contribution in [0.3, 0.4) is 0 Å². The van der Waals surface area contributed by atoms with Gasteiger partial charge in [-0.05, 0) is 0 Å². The van der Waals surface area contributed by atoms with Crippen molar-refractivity contribution in [2.45, 2.75) is 12.1 Å². The van der Waals surface area contributed by atoms with E-state index in [2.05, 4.69) is 10.4 Å². The summed E-state index contributed by atoms with van der Waals surface area (Å²) in [4.78, 5) is 21.0. The summed E-state index contributed by atoms with van der Waals surface area (Å²) in [5.74, 6) is 0. The van der Waals surface area contributed by atoms with E-state index < -0.39 is 40.4 Å². The number of hydrogen-bond donors (Lipinski definition) is 0. The van der Waals surface area contributed by atoms with E-state index in [0.717, 1.165) is 0 Å². The van der Waals surface area contributed by atoms with Gasteiger partial charge in [0.25, 0.3) is 0 Å². The van der Waals surface area contributed by atoms with Gasteiger partial charge in [-0.15, -0.1) is 0 Å². The molecule has 0 aromatic heterocycles. The first-order chi connectivity index (χ1) is 9.17. The Morgan fingerprint density at radius 2 is 1.32 bits per heavy atom. The maximum absolute atomic E-state index is 11.9. The summed E-state index contributed by atoms with van der Waals surface area (Å²) in [7, 11) is 0. The molecule has 2 aliphatic carbocycles. The molecule has 0 heterocycles. The molecule has 0 radical (unpaired) electrons. The van der Waals surface area contributed by atoms with E-state index in [1.54, 1.807) is 12.2 Å².